The van der Waals surface area contributed by atoms with Crippen molar-refractivity contribution in [3.8, 4) is 0 Å². The minimum absolute atomic E-state index is 0.0227. The summed E-state index contributed by atoms with van der Waals surface area (Å²) in [6.07, 6.45) is 2.00. The predicted octanol–water partition coefficient (Wildman–Crippen LogP) is 0.168. The largest absolute Gasteiger partial charge is 0.464 e. The number of ether oxygens (including phenoxy) is 1. The first-order chi connectivity index (χ1) is 8.11. The highest BCUT2D eigenvalue weighted by atomic mass is 16.5. The topological polar surface area (TPSA) is 72.4 Å². The number of fused-ring (bicyclic) bond motifs is 1. The first-order valence-electron chi connectivity index (χ1n) is 5.30. The van der Waals surface area contributed by atoms with E-state index in [-0.39, 0.29) is 11.6 Å². The molecule has 0 bridgehead atoms. The van der Waals surface area contributed by atoms with Crippen LogP contribution in [0.4, 0.5) is 0 Å². The molecule has 1 aliphatic heterocycles. The van der Waals surface area contributed by atoms with Crippen LogP contribution in [0.15, 0.2) is 6.20 Å². The fourth-order valence-electron chi connectivity index (χ4n) is 1.76. The first-order valence-corrected chi connectivity index (χ1v) is 5.30. The Morgan fingerprint density at radius 2 is 2.18 bits per heavy atom. The van der Waals surface area contributed by atoms with Gasteiger partial charge in [0.15, 0.2) is 5.69 Å². The number of carbonyl (C=O) groups excluding carboxylic acids is 2. The standard InChI is InChI=1S/C11H13N3O3/c1-7(15)14-4-3-8-10(6-14)12-5-9(13-8)11(16)17-2/h5H,3-4,6H2,1-2H3. The summed E-state index contributed by atoms with van der Waals surface area (Å²) < 4.78 is 4.58. The van der Waals surface area contributed by atoms with Crippen LogP contribution in [0.25, 0.3) is 0 Å². The van der Waals surface area contributed by atoms with Crippen LogP contribution >= 0.6 is 0 Å². The molecule has 2 heterocycles. The quantitative estimate of drug-likeness (QED) is 0.649. The summed E-state index contributed by atoms with van der Waals surface area (Å²) in [5, 5.41) is 0. The Bertz CT molecular complexity index is 473. The lowest BCUT2D eigenvalue weighted by Gasteiger charge is -2.26. The fourth-order valence-corrected chi connectivity index (χ4v) is 1.76. The maximum absolute atomic E-state index is 11.3. The molecule has 6 heteroatoms. The van der Waals surface area contributed by atoms with Gasteiger partial charge in [0, 0.05) is 19.9 Å². The zero-order valence-corrected chi connectivity index (χ0v) is 9.77. The van der Waals surface area contributed by atoms with Crippen LogP contribution in [0, 0.1) is 0 Å². The number of hydrogen-bond acceptors (Lipinski definition) is 5. The zero-order valence-electron chi connectivity index (χ0n) is 9.77. The number of esters is 1. The smallest absolute Gasteiger partial charge is 0.358 e. The van der Waals surface area contributed by atoms with E-state index in [0.717, 1.165) is 11.4 Å². The molecule has 0 unspecified atom stereocenters. The van der Waals surface area contributed by atoms with Crippen molar-refractivity contribution in [1.82, 2.24) is 14.9 Å². The minimum Gasteiger partial charge on any atom is -0.464 e. The maximum atomic E-state index is 11.3. The van der Waals surface area contributed by atoms with Gasteiger partial charge < -0.3 is 9.64 Å². The van der Waals surface area contributed by atoms with Gasteiger partial charge in [-0.2, -0.15) is 0 Å². The van der Waals surface area contributed by atoms with E-state index in [1.54, 1.807) is 4.90 Å². The van der Waals surface area contributed by atoms with Gasteiger partial charge in [-0.3, -0.25) is 9.78 Å². The van der Waals surface area contributed by atoms with Crippen molar-refractivity contribution < 1.29 is 14.3 Å². The normalized spacial score (nSPS) is 14.1. The van der Waals surface area contributed by atoms with Gasteiger partial charge in [0.1, 0.15) is 0 Å². The number of rotatable bonds is 1. The van der Waals surface area contributed by atoms with E-state index in [1.807, 2.05) is 0 Å². The molecule has 0 aliphatic carbocycles. The van der Waals surface area contributed by atoms with E-state index in [1.165, 1.54) is 20.2 Å². The number of methoxy groups -OCH3 is 1. The van der Waals surface area contributed by atoms with Crippen molar-refractivity contribution >= 4 is 11.9 Å². The molecule has 0 N–H and O–H groups in total. The third-order valence-corrected chi connectivity index (χ3v) is 2.73. The highest BCUT2D eigenvalue weighted by Crippen LogP contribution is 2.15. The van der Waals surface area contributed by atoms with E-state index in [0.29, 0.717) is 19.5 Å². The number of carbonyl (C=O) groups is 2. The molecular weight excluding hydrogens is 222 g/mol. The van der Waals surface area contributed by atoms with Gasteiger partial charge in [0.25, 0.3) is 0 Å². The molecule has 0 saturated heterocycles. The second-order valence-electron chi connectivity index (χ2n) is 3.83. The van der Waals surface area contributed by atoms with Gasteiger partial charge in [0.2, 0.25) is 5.91 Å². The molecule has 0 atom stereocenters. The number of aromatic nitrogens is 2. The highest BCUT2D eigenvalue weighted by molar-refractivity contribution is 5.86. The van der Waals surface area contributed by atoms with E-state index in [2.05, 4.69) is 14.7 Å². The van der Waals surface area contributed by atoms with Crippen molar-refractivity contribution in [3.05, 3.63) is 23.3 Å². The summed E-state index contributed by atoms with van der Waals surface area (Å²) in [4.78, 5) is 32.6. The molecule has 0 spiro atoms. The first kappa shape index (κ1) is 11.5. The molecule has 90 valence electrons. The molecule has 1 aliphatic rings. The third-order valence-electron chi connectivity index (χ3n) is 2.73. The molecule has 0 radical (unpaired) electrons. The average Bonchev–Trinajstić information content (AvgIpc) is 2.36. The molecule has 0 aromatic carbocycles. The minimum atomic E-state index is -0.491. The van der Waals surface area contributed by atoms with Crippen LogP contribution in [-0.2, 0) is 22.5 Å². The fraction of sp³-hybridized carbons (Fsp3) is 0.455. The average molecular weight is 235 g/mol. The van der Waals surface area contributed by atoms with Crippen molar-refractivity contribution in [2.24, 2.45) is 0 Å². The molecule has 0 fully saturated rings. The van der Waals surface area contributed by atoms with E-state index >= 15 is 0 Å². The molecule has 1 aromatic heterocycles. The second kappa shape index (κ2) is 4.48. The summed E-state index contributed by atoms with van der Waals surface area (Å²) in [5.74, 6) is -0.469. The number of amides is 1. The predicted molar refractivity (Wildman–Crippen MR) is 58.2 cm³/mol. The molecule has 1 amide bonds. The summed E-state index contributed by atoms with van der Waals surface area (Å²) in [6, 6.07) is 0. The van der Waals surface area contributed by atoms with Crippen molar-refractivity contribution in [3.63, 3.8) is 0 Å². The van der Waals surface area contributed by atoms with E-state index < -0.39 is 5.97 Å². The van der Waals surface area contributed by atoms with Gasteiger partial charge in [-0.05, 0) is 0 Å². The Kier molecular flexibility index (Phi) is 3.03. The Morgan fingerprint density at radius 3 is 2.82 bits per heavy atom. The zero-order chi connectivity index (χ0) is 12.4. The summed E-state index contributed by atoms with van der Waals surface area (Å²) >= 11 is 0. The molecule has 6 nitrogen and oxygen atoms in total. The summed E-state index contributed by atoms with van der Waals surface area (Å²) in [7, 11) is 1.31. The van der Waals surface area contributed by atoms with Gasteiger partial charge in [-0.25, -0.2) is 9.78 Å². The van der Waals surface area contributed by atoms with E-state index in [4.69, 9.17) is 0 Å². The molecule has 2 rings (SSSR count). The van der Waals surface area contributed by atoms with Gasteiger partial charge >= 0.3 is 5.97 Å². The highest BCUT2D eigenvalue weighted by Gasteiger charge is 2.21. The Morgan fingerprint density at radius 1 is 1.41 bits per heavy atom. The lowest BCUT2D eigenvalue weighted by atomic mass is 10.1. The SMILES string of the molecule is COC(=O)c1cnc2c(n1)CCN(C(C)=O)C2. The van der Waals surface area contributed by atoms with Crippen LogP contribution in [0.5, 0.6) is 0 Å². The van der Waals surface area contributed by atoms with Crippen LogP contribution < -0.4 is 0 Å². The van der Waals surface area contributed by atoms with Crippen LogP contribution in [0.2, 0.25) is 0 Å². The number of hydrogen-bond donors (Lipinski definition) is 0. The van der Waals surface area contributed by atoms with Gasteiger partial charge in [-0.1, -0.05) is 0 Å². The van der Waals surface area contributed by atoms with Crippen LogP contribution in [0.3, 0.4) is 0 Å². The molecule has 17 heavy (non-hydrogen) atoms. The van der Waals surface area contributed by atoms with Crippen LogP contribution in [0.1, 0.15) is 28.8 Å². The summed E-state index contributed by atoms with van der Waals surface area (Å²) in [5.41, 5.74) is 1.73. The number of nitrogens with zero attached hydrogens (tertiary/aromatic N) is 3. The Balaban J connectivity index is 2.25. The summed E-state index contributed by atoms with van der Waals surface area (Å²) in [6.45, 7) is 2.60. The Labute approximate surface area is 98.6 Å². The van der Waals surface area contributed by atoms with Crippen molar-refractivity contribution in [2.75, 3.05) is 13.7 Å². The lowest BCUT2D eigenvalue weighted by molar-refractivity contribution is -0.129. The molecule has 0 saturated carbocycles. The third kappa shape index (κ3) is 2.25. The van der Waals surface area contributed by atoms with Crippen LogP contribution in [-0.4, -0.2) is 40.4 Å². The maximum Gasteiger partial charge on any atom is 0.358 e. The van der Waals surface area contributed by atoms with Gasteiger partial charge in [-0.15, -0.1) is 0 Å². The van der Waals surface area contributed by atoms with Crippen molar-refractivity contribution in [1.29, 1.82) is 0 Å². The molecule has 1 aromatic rings. The molecular formula is C11H13N3O3. The monoisotopic (exact) mass is 235 g/mol. The van der Waals surface area contributed by atoms with E-state index in [9.17, 15) is 9.59 Å². The Hall–Kier alpha value is -1.98. The second-order valence-corrected chi connectivity index (χ2v) is 3.83. The lowest BCUT2D eigenvalue weighted by Crippen LogP contribution is -2.35. The van der Waals surface area contributed by atoms with Crippen molar-refractivity contribution in [2.45, 2.75) is 19.9 Å². The van der Waals surface area contributed by atoms with Gasteiger partial charge in [0.05, 0.1) is 31.2 Å².